The number of hydrogen-bond acceptors (Lipinski definition) is 2. The third kappa shape index (κ3) is 8.62. The van der Waals surface area contributed by atoms with Crippen LogP contribution in [0.3, 0.4) is 0 Å². The van der Waals surface area contributed by atoms with Gasteiger partial charge in [-0.15, -0.1) is 12.4 Å². The monoisotopic (exact) mass is 216 g/mol. The van der Waals surface area contributed by atoms with Crippen LogP contribution < -0.4 is 4.74 Å². The first kappa shape index (κ1) is 15.0. The van der Waals surface area contributed by atoms with Gasteiger partial charge in [0.2, 0.25) is 0 Å². The van der Waals surface area contributed by atoms with E-state index in [-0.39, 0.29) is 12.4 Å². The van der Waals surface area contributed by atoms with Crippen LogP contribution in [-0.2, 0) is 4.79 Å². The lowest BCUT2D eigenvalue weighted by Gasteiger charge is -1.93. The maximum atomic E-state index is 9.25. The number of ether oxygens (including phenoxy) is 1. The third-order valence-electron chi connectivity index (χ3n) is 1.15. The molecular formula is C10H13ClO3. The second kappa shape index (κ2) is 9.61. The van der Waals surface area contributed by atoms with E-state index >= 15 is 0 Å². The first-order valence-corrected chi connectivity index (χ1v) is 3.65. The van der Waals surface area contributed by atoms with Crippen LogP contribution in [0.4, 0.5) is 0 Å². The fourth-order valence-electron chi connectivity index (χ4n) is 0.557. The van der Waals surface area contributed by atoms with Gasteiger partial charge in [-0.1, -0.05) is 24.8 Å². The molecule has 0 aromatic heterocycles. The predicted octanol–water partition coefficient (Wildman–Crippen LogP) is 2.37. The van der Waals surface area contributed by atoms with E-state index in [0.717, 1.165) is 11.8 Å². The van der Waals surface area contributed by atoms with Gasteiger partial charge in [-0.3, -0.25) is 0 Å². The number of benzene rings is 1. The van der Waals surface area contributed by atoms with Crippen molar-refractivity contribution in [3.8, 4) is 5.75 Å². The zero-order valence-corrected chi connectivity index (χ0v) is 8.66. The summed E-state index contributed by atoms with van der Waals surface area (Å²) in [7, 11) is 1.66. The van der Waals surface area contributed by atoms with E-state index in [9.17, 15) is 4.79 Å². The van der Waals surface area contributed by atoms with Gasteiger partial charge in [0.1, 0.15) is 5.75 Å². The van der Waals surface area contributed by atoms with E-state index in [1.807, 2.05) is 30.3 Å². The Hall–Kier alpha value is -1.48. The summed E-state index contributed by atoms with van der Waals surface area (Å²) in [5.41, 5.74) is 0. The van der Waals surface area contributed by atoms with Crippen molar-refractivity contribution in [1.82, 2.24) is 0 Å². The van der Waals surface area contributed by atoms with Crippen molar-refractivity contribution >= 4 is 18.4 Å². The maximum absolute atomic E-state index is 9.25. The van der Waals surface area contributed by atoms with Crippen LogP contribution in [0.1, 0.15) is 0 Å². The van der Waals surface area contributed by atoms with Crippen LogP contribution >= 0.6 is 12.4 Å². The average molecular weight is 217 g/mol. The molecule has 0 aliphatic heterocycles. The van der Waals surface area contributed by atoms with Gasteiger partial charge in [-0.2, -0.15) is 0 Å². The molecule has 0 amide bonds. The zero-order chi connectivity index (χ0) is 10.1. The topological polar surface area (TPSA) is 46.5 Å². The van der Waals surface area contributed by atoms with E-state index in [1.54, 1.807) is 7.11 Å². The number of halogens is 1. The van der Waals surface area contributed by atoms with Crippen molar-refractivity contribution < 1.29 is 14.6 Å². The lowest BCUT2D eigenvalue weighted by Crippen LogP contribution is -1.82. The number of aliphatic carboxylic acids is 1. The van der Waals surface area contributed by atoms with Crippen LogP contribution in [0.2, 0.25) is 0 Å². The van der Waals surface area contributed by atoms with Crippen molar-refractivity contribution in [3.63, 3.8) is 0 Å². The smallest absolute Gasteiger partial charge is 0.327 e. The molecule has 0 heterocycles. The van der Waals surface area contributed by atoms with Crippen molar-refractivity contribution in [1.29, 1.82) is 0 Å². The molecule has 0 aliphatic rings. The average Bonchev–Trinajstić information content (AvgIpc) is 2.20. The second-order valence-corrected chi connectivity index (χ2v) is 2.06. The predicted molar refractivity (Wildman–Crippen MR) is 58.1 cm³/mol. The second-order valence-electron chi connectivity index (χ2n) is 2.06. The first-order chi connectivity index (χ1) is 6.20. The van der Waals surface area contributed by atoms with E-state index in [0.29, 0.717) is 0 Å². The molecule has 0 aliphatic carbocycles. The molecule has 0 saturated heterocycles. The Balaban J connectivity index is 0. The Morgan fingerprint density at radius 2 is 1.86 bits per heavy atom. The highest BCUT2D eigenvalue weighted by atomic mass is 35.5. The number of carboxylic acid groups (broad SMARTS) is 1. The van der Waals surface area contributed by atoms with Crippen LogP contribution in [0.15, 0.2) is 43.0 Å². The van der Waals surface area contributed by atoms with E-state index in [4.69, 9.17) is 9.84 Å². The van der Waals surface area contributed by atoms with E-state index < -0.39 is 5.97 Å². The fourth-order valence-corrected chi connectivity index (χ4v) is 0.557. The van der Waals surface area contributed by atoms with Crippen molar-refractivity contribution in [2.24, 2.45) is 0 Å². The Morgan fingerprint density at radius 1 is 1.43 bits per heavy atom. The van der Waals surface area contributed by atoms with Gasteiger partial charge in [0, 0.05) is 6.08 Å². The number of carbonyl (C=O) groups is 1. The maximum Gasteiger partial charge on any atom is 0.327 e. The molecule has 0 bridgehead atoms. The molecule has 0 atom stereocenters. The molecule has 4 heteroatoms. The van der Waals surface area contributed by atoms with Crippen LogP contribution in [-0.4, -0.2) is 18.2 Å². The van der Waals surface area contributed by atoms with Crippen molar-refractivity contribution in [3.05, 3.63) is 43.0 Å². The SMILES string of the molecule is C=CC(=O)O.COc1ccccc1.Cl. The quantitative estimate of drug-likeness (QED) is 0.773. The summed E-state index contributed by atoms with van der Waals surface area (Å²) < 4.78 is 4.91. The summed E-state index contributed by atoms with van der Waals surface area (Å²) in [4.78, 5) is 9.25. The Bertz CT molecular complexity index is 259. The first-order valence-electron chi connectivity index (χ1n) is 3.65. The molecule has 1 rings (SSSR count). The molecule has 1 N–H and O–H groups in total. The summed E-state index contributed by atoms with van der Waals surface area (Å²) in [6.07, 6.45) is 0.833. The zero-order valence-electron chi connectivity index (χ0n) is 7.84. The fraction of sp³-hybridized carbons (Fsp3) is 0.100. The normalized spacial score (nSPS) is 7.21. The van der Waals surface area contributed by atoms with Gasteiger partial charge in [0.15, 0.2) is 0 Å². The summed E-state index contributed by atoms with van der Waals surface area (Å²) in [6, 6.07) is 9.68. The Labute approximate surface area is 89.4 Å². The number of rotatable bonds is 2. The largest absolute Gasteiger partial charge is 0.497 e. The van der Waals surface area contributed by atoms with Crippen LogP contribution in [0, 0.1) is 0 Å². The molecule has 0 spiro atoms. The number of hydrogen-bond donors (Lipinski definition) is 1. The molecule has 0 radical (unpaired) electrons. The number of methoxy groups -OCH3 is 1. The lowest BCUT2D eigenvalue weighted by molar-refractivity contribution is -0.131. The summed E-state index contributed by atoms with van der Waals surface area (Å²) in [5.74, 6) is -0.0718. The Kier molecular flexibility index (Phi) is 10.3. The van der Waals surface area contributed by atoms with Gasteiger partial charge in [-0.05, 0) is 12.1 Å². The molecule has 0 fully saturated rings. The molecule has 0 saturated carbocycles. The summed E-state index contributed by atoms with van der Waals surface area (Å²) >= 11 is 0. The summed E-state index contributed by atoms with van der Waals surface area (Å²) in [5, 5.41) is 7.60. The number of para-hydroxylation sites is 1. The highest BCUT2D eigenvalue weighted by Gasteiger charge is 1.80. The lowest BCUT2D eigenvalue weighted by atomic mass is 10.3. The van der Waals surface area contributed by atoms with Crippen molar-refractivity contribution in [2.45, 2.75) is 0 Å². The highest BCUT2D eigenvalue weighted by molar-refractivity contribution is 5.85. The summed E-state index contributed by atoms with van der Waals surface area (Å²) in [6.45, 7) is 2.96. The third-order valence-corrected chi connectivity index (χ3v) is 1.15. The standard InChI is InChI=1S/C7H8O.C3H4O2.ClH/c1-8-7-5-3-2-4-6-7;1-2-3(4)5;/h2-6H,1H3;2H,1H2,(H,4,5);1H. The van der Waals surface area contributed by atoms with Crippen LogP contribution in [0.25, 0.3) is 0 Å². The molecule has 0 unspecified atom stereocenters. The van der Waals surface area contributed by atoms with Crippen LogP contribution in [0.5, 0.6) is 5.75 Å². The minimum Gasteiger partial charge on any atom is -0.497 e. The molecule has 14 heavy (non-hydrogen) atoms. The number of carboxylic acids is 1. The molecule has 1 aromatic rings. The molecule has 1 aromatic carbocycles. The highest BCUT2D eigenvalue weighted by Crippen LogP contribution is 2.05. The van der Waals surface area contributed by atoms with E-state index in [1.165, 1.54) is 0 Å². The minimum absolute atomic E-state index is 0. The van der Waals surface area contributed by atoms with Crippen molar-refractivity contribution in [2.75, 3.05) is 7.11 Å². The van der Waals surface area contributed by atoms with Gasteiger partial charge < -0.3 is 9.84 Å². The van der Waals surface area contributed by atoms with Gasteiger partial charge >= 0.3 is 5.97 Å². The van der Waals surface area contributed by atoms with Gasteiger partial charge in [0.05, 0.1) is 7.11 Å². The minimum atomic E-state index is -0.981. The molecular weight excluding hydrogens is 204 g/mol. The van der Waals surface area contributed by atoms with Gasteiger partial charge in [-0.25, -0.2) is 4.79 Å². The Morgan fingerprint density at radius 3 is 2.07 bits per heavy atom. The van der Waals surface area contributed by atoms with Gasteiger partial charge in [0.25, 0.3) is 0 Å². The van der Waals surface area contributed by atoms with E-state index in [2.05, 4.69) is 6.58 Å². The molecule has 3 nitrogen and oxygen atoms in total. The molecule has 78 valence electrons.